The van der Waals surface area contributed by atoms with Crippen molar-refractivity contribution in [2.24, 2.45) is 5.92 Å². The van der Waals surface area contributed by atoms with Crippen LogP contribution in [0.2, 0.25) is 0 Å². The second kappa shape index (κ2) is 13.8. The fourth-order valence-electron chi connectivity index (χ4n) is 3.09. The molecule has 0 radical (unpaired) electrons. The van der Waals surface area contributed by atoms with Gasteiger partial charge in [0.15, 0.2) is 0 Å². The number of hydrogen-bond donors (Lipinski definition) is 0. The van der Waals surface area contributed by atoms with E-state index in [-0.39, 0.29) is 6.42 Å². The lowest BCUT2D eigenvalue weighted by Gasteiger charge is -2.39. The molecule has 0 aromatic heterocycles. The molecule has 1 unspecified atom stereocenters. The minimum absolute atomic E-state index is 0.0432. The number of rotatable bonds is 16. The van der Waals surface area contributed by atoms with E-state index in [1.807, 2.05) is 0 Å². The smallest absolute Gasteiger partial charge is 0.328 e. The predicted molar refractivity (Wildman–Crippen MR) is 94.4 cm³/mol. The summed E-state index contributed by atoms with van der Waals surface area (Å²) in [6, 6.07) is 0. The predicted octanol–water partition coefficient (Wildman–Crippen LogP) is 6.46. The number of halogens is 3. The highest BCUT2D eigenvalue weighted by molar-refractivity contribution is 4.74. The minimum Gasteiger partial charge on any atom is -0.328 e. The van der Waals surface area contributed by atoms with Crippen molar-refractivity contribution in [1.82, 2.24) is 0 Å². The molecule has 152 valence electrons. The van der Waals surface area contributed by atoms with Crippen molar-refractivity contribution in [2.45, 2.75) is 97.6 Å². The van der Waals surface area contributed by atoms with E-state index in [0.717, 1.165) is 19.3 Å². The van der Waals surface area contributed by atoms with Crippen LogP contribution in [0.25, 0.3) is 0 Å². The van der Waals surface area contributed by atoms with Crippen LogP contribution in [0.5, 0.6) is 0 Å². The third kappa shape index (κ3) is 11.1. The molecule has 0 heterocycles. The fraction of sp³-hybridized carbons (Fsp3) is 1.00. The van der Waals surface area contributed by atoms with Crippen molar-refractivity contribution >= 4 is 0 Å². The highest BCUT2D eigenvalue weighted by Crippen LogP contribution is 2.36. The number of alkyl halides is 3. The van der Waals surface area contributed by atoms with Crippen LogP contribution in [-0.2, 0) is 14.2 Å². The van der Waals surface area contributed by atoms with Gasteiger partial charge < -0.3 is 14.2 Å². The van der Waals surface area contributed by atoms with Crippen LogP contribution in [0.1, 0.15) is 85.5 Å². The topological polar surface area (TPSA) is 27.7 Å². The second-order valence-corrected chi connectivity index (χ2v) is 6.31. The Bertz CT molecular complexity index is 292. The van der Waals surface area contributed by atoms with E-state index < -0.39 is 24.5 Å². The molecule has 0 aromatic carbocycles. The first-order valence-corrected chi connectivity index (χ1v) is 9.83. The molecule has 0 aromatic rings. The van der Waals surface area contributed by atoms with E-state index in [4.69, 9.17) is 14.2 Å². The summed E-state index contributed by atoms with van der Waals surface area (Å²) in [7, 11) is 0. The molecule has 0 amide bonds. The van der Waals surface area contributed by atoms with Gasteiger partial charge >= 0.3 is 6.18 Å². The summed E-state index contributed by atoms with van der Waals surface area (Å²) in [6.07, 6.45) is 2.10. The van der Waals surface area contributed by atoms with Crippen molar-refractivity contribution in [3.05, 3.63) is 0 Å². The van der Waals surface area contributed by atoms with Gasteiger partial charge in [-0.05, 0) is 33.6 Å². The first-order chi connectivity index (χ1) is 11.8. The maximum Gasteiger partial charge on any atom is 0.389 e. The van der Waals surface area contributed by atoms with Crippen LogP contribution in [0.15, 0.2) is 0 Å². The Morgan fingerprint density at radius 2 is 1.16 bits per heavy atom. The Kier molecular flexibility index (Phi) is 13.6. The van der Waals surface area contributed by atoms with Crippen LogP contribution in [-0.4, -0.2) is 32.0 Å². The van der Waals surface area contributed by atoms with Gasteiger partial charge in [-0.25, -0.2) is 0 Å². The summed E-state index contributed by atoms with van der Waals surface area (Å²) in [4.78, 5) is 0. The summed E-state index contributed by atoms with van der Waals surface area (Å²) in [5, 5.41) is 0. The molecule has 0 aliphatic heterocycles. The molecule has 1 atom stereocenters. The summed E-state index contributed by atoms with van der Waals surface area (Å²) in [5.41, 5.74) is 0. The molecule has 0 saturated carbocycles. The molecule has 0 aliphatic rings. The largest absolute Gasteiger partial charge is 0.389 e. The van der Waals surface area contributed by atoms with Gasteiger partial charge in [0.25, 0.3) is 5.97 Å². The first-order valence-electron chi connectivity index (χ1n) is 9.83. The summed E-state index contributed by atoms with van der Waals surface area (Å²) in [6.45, 7) is 8.57. The van der Waals surface area contributed by atoms with Crippen molar-refractivity contribution in [1.29, 1.82) is 0 Å². The molecule has 0 spiro atoms. The Hall–Kier alpha value is -0.330. The number of hydrogen-bond acceptors (Lipinski definition) is 3. The quantitative estimate of drug-likeness (QED) is 0.230. The lowest BCUT2D eigenvalue weighted by atomic mass is 9.92. The molecular formula is C19H37F3O3. The Labute approximate surface area is 151 Å². The number of unbranched alkanes of at least 4 members (excludes halogenated alkanes) is 5. The molecule has 0 fully saturated rings. The zero-order chi connectivity index (χ0) is 19.2. The molecule has 0 saturated heterocycles. The molecule has 0 N–H and O–H groups in total. The van der Waals surface area contributed by atoms with Gasteiger partial charge in [-0.3, -0.25) is 0 Å². The van der Waals surface area contributed by atoms with Crippen LogP contribution in [0.4, 0.5) is 13.2 Å². The van der Waals surface area contributed by atoms with E-state index in [2.05, 4.69) is 6.92 Å². The van der Waals surface area contributed by atoms with E-state index in [1.54, 1.807) is 20.8 Å². The van der Waals surface area contributed by atoms with Gasteiger partial charge in [0.05, 0.1) is 0 Å². The number of ether oxygens (including phenoxy) is 3. The molecule has 25 heavy (non-hydrogen) atoms. The van der Waals surface area contributed by atoms with Gasteiger partial charge in [0.1, 0.15) is 0 Å². The monoisotopic (exact) mass is 370 g/mol. The van der Waals surface area contributed by atoms with Gasteiger partial charge in [-0.2, -0.15) is 13.2 Å². The maximum atomic E-state index is 12.8. The van der Waals surface area contributed by atoms with Crippen LogP contribution in [0.3, 0.4) is 0 Å². The highest BCUT2D eigenvalue weighted by atomic mass is 19.4. The first kappa shape index (κ1) is 24.7. The Morgan fingerprint density at radius 3 is 1.60 bits per heavy atom. The van der Waals surface area contributed by atoms with E-state index in [1.165, 1.54) is 19.3 Å². The summed E-state index contributed by atoms with van der Waals surface area (Å²) in [5.74, 6) is -1.80. The van der Waals surface area contributed by atoms with Gasteiger partial charge in [-0.15, -0.1) is 0 Å². The average Bonchev–Trinajstić information content (AvgIpc) is 2.53. The fourth-order valence-corrected chi connectivity index (χ4v) is 3.09. The molecule has 3 nitrogen and oxygen atoms in total. The van der Waals surface area contributed by atoms with E-state index >= 15 is 0 Å². The third-order valence-corrected chi connectivity index (χ3v) is 4.22. The van der Waals surface area contributed by atoms with Crippen LogP contribution in [0, 0.1) is 5.92 Å². The van der Waals surface area contributed by atoms with Crippen molar-refractivity contribution in [3.8, 4) is 0 Å². The SMILES string of the molecule is CCCCCCCCC(CCC(F)(F)F)C(OCC)(OCC)OCC. The van der Waals surface area contributed by atoms with Gasteiger partial charge in [0.2, 0.25) is 0 Å². The van der Waals surface area contributed by atoms with Crippen molar-refractivity contribution in [3.63, 3.8) is 0 Å². The molecular weight excluding hydrogens is 333 g/mol. The zero-order valence-corrected chi connectivity index (χ0v) is 16.4. The molecule has 0 bridgehead atoms. The minimum atomic E-state index is -4.18. The van der Waals surface area contributed by atoms with Crippen LogP contribution >= 0.6 is 0 Å². The van der Waals surface area contributed by atoms with Crippen LogP contribution < -0.4 is 0 Å². The Balaban J connectivity index is 4.94. The zero-order valence-electron chi connectivity index (χ0n) is 16.4. The van der Waals surface area contributed by atoms with Gasteiger partial charge in [0, 0.05) is 32.2 Å². The average molecular weight is 370 g/mol. The van der Waals surface area contributed by atoms with Crippen molar-refractivity contribution < 1.29 is 27.4 Å². The van der Waals surface area contributed by atoms with Crippen molar-refractivity contribution in [2.75, 3.05) is 19.8 Å². The molecule has 0 rings (SSSR count). The molecule has 6 heteroatoms. The molecule has 0 aliphatic carbocycles. The third-order valence-electron chi connectivity index (χ3n) is 4.22. The highest BCUT2D eigenvalue weighted by Gasteiger charge is 2.43. The summed E-state index contributed by atoms with van der Waals surface area (Å²) >= 11 is 0. The lowest BCUT2D eigenvalue weighted by molar-refractivity contribution is -0.404. The standard InChI is InChI=1S/C19H37F3O3/c1-5-9-10-11-12-13-14-17(15-16-18(20,21)22)19(23-6-2,24-7-3)25-8-4/h17H,5-16H2,1-4H3. The summed E-state index contributed by atoms with van der Waals surface area (Å²) < 4.78 is 55.5. The second-order valence-electron chi connectivity index (χ2n) is 6.31. The van der Waals surface area contributed by atoms with E-state index in [0.29, 0.717) is 26.2 Å². The van der Waals surface area contributed by atoms with E-state index in [9.17, 15) is 13.2 Å². The lowest BCUT2D eigenvalue weighted by Crippen LogP contribution is -2.47. The Morgan fingerprint density at radius 1 is 0.680 bits per heavy atom. The normalized spacial score (nSPS) is 14.0. The van der Waals surface area contributed by atoms with Gasteiger partial charge in [-0.1, -0.05) is 45.4 Å². The maximum absolute atomic E-state index is 12.8.